The molecule has 24 heavy (non-hydrogen) atoms. The fraction of sp³-hybridized carbons (Fsp3) is 0.333. The predicted molar refractivity (Wildman–Crippen MR) is 89.0 cm³/mol. The number of ketones is 1. The third kappa shape index (κ3) is 2.99. The lowest BCUT2D eigenvalue weighted by molar-refractivity contribution is -0.128. The van der Waals surface area contributed by atoms with Crippen LogP contribution < -0.4 is 10.1 Å². The van der Waals surface area contributed by atoms with Crippen molar-refractivity contribution in [2.75, 3.05) is 12.4 Å². The summed E-state index contributed by atoms with van der Waals surface area (Å²) in [5.74, 6) is -1.55. The van der Waals surface area contributed by atoms with Gasteiger partial charge in [-0.3, -0.25) is 14.4 Å². The zero-order chi connectivity index (χ0) is 17.3. The molecule has 6 heteroatoms. The van der Waals surface area contributed by atoms with E-state index < -0.39 is 17.7 Å². The molecule has 1 aliphatic carbocycles. The Hall–Kier alpha value is -2.76. The number of carbonyl (C=O) groups excluding carboxylic acids is 3. The lowest BCUT2D eigenvalue weighted by Gasteiger charge is -2.25. The number of anilines is 1. The van der Waals surface area contributed by atoms with Crippen molar-refractivity contribution in [3.05, 3.63) is 35.9 Å². The molecule has 1 aromatic carbocycles. The average Bonchev–Trinajstić information content (AvgIpc) is 2.54. The average molecular weight is 326 g/mol. The largest absolute Gasteiger partial charge is 0.495 e. The van der Waals surface area contributed by atoms with Crippen molar-refractivity contribution in [2.45, 2.75) is 19.8 Å². The van der Waals surface area contributed by atoms with Gasteiger partial charge in [-0.25, -0.2) is 4.99 Å². The molecule has 2 aliphatic rings. The van der Waals surface area contributed by atoms with Crippen LogP contribution >= 0.6 is 0 Å². The zero-order valence-corrected chi connectivity index (χ0v) is 13.5. The van der Waals surface area contributed by atoms with Gasteiger partial charge < -0.3 is 10.1 Å². The topological polar surface area (TPSA) is 84.8 Å². The predicted octanol–water partition coefficient (Wildman–Crippen LogP) is 2.16. The van der Waals surface area contributed by atoms with Gasteiger partial charge in [0.25, 0.3) is 5.91 Å². The Bertz CT molecular complexity index is 779. The summed E-state index contributed by atoms with van der Waals surface area (Å²) in [6.07, 6.45) is 2.45. The van der Waals surface area contributed by atoms with E-state index in [2.05, 4.69) is 10.3 Å². The number of benzene rings is 1. The van der Waals surface area contributed by atoms with E-state index in [0.29, 0.717) is 35.6 Å². The molecule has 2 unspecified atom stereocenters. The molecular formula is C18H18N2O4. The molecule has 0 saturated heterocycles. The second-order valence-corrected chi connectivity index (χ2v) is 6.08. The number of hydrogen-bond donors (Lipinski definition) is 1. The van der Waals surface area contributed by atoms with Crippen molar-refractivity contribution < 1.29 is 19.1 Å². The normalized spacial score (nSPS) is 23.1. The highest BCUT2D eigenvalue weighted by Crippen LogP contribution is 2.29. The molecule has 1 N–H and O–H groups in total. The summed E-state index contributed by atoms with van der Waals surface area (Å²) in [7, 11) is 1.50. The minimum Gasteiger partial charge on any atom is -0.495 e. The van der Waals surface area contributed by atoms with E-state index in [1.54, 1.807) is 24.3 Å². The first-order valence-electron chi connectivity index (χ1n) is 7.80. The molecule has 0 radical (unpaired) electrons. The summed E-state index contributed by atoms with van der Waals surface area (Å²) >= 11 is 0. The van der Waals surface area contributed by atoms with E-state index in [1.165, 1.54) is 13.2 Å². The molecule has 2 atom stereocenters. The number of ether oxygens (including phenoxy) is 1. The summed E-state index contributed by atoms with van der Waals surface area (Å²) in [6.45, 7) is 1.95. The number of amides is 2. The highest BCUT2D eigenvalue weighted by molar-refractivity contribution is 6.29. The number of rotatable bonds is 3. The van der Waals surface area contributed by atoms with Crippen molar-refractivity contribution in [1.29, 1.82) is 0 Å². The quantitative estimate of drug-likeness (QED) is 0.863. The van der Waals surface area contributed by atoms with Crippen LogP contribution in [-0.4, -0.2) is 30.4 Å². The first-order chi connectivity index (χ1) is 11.5. The van der Waals surface area contributed by atoms with Crippen LogP contribution in [0.1, 0.15) is 19.8 Å². The van der Waals surface area contributed by atoms with Crippen LogP contribution in [-0.2, 0) is 14.4 Å². The number of Topliss-reactive ketones (excluding diaryl/α,β-unsaturated/α-hetero) is 1. The van der Waals surface area contributed by atoms with E-state index in [9.17, 15) is 14.4 Å². The number of nitrogens with one attached hydrogen (secondary N) is 1. The number of dihydropyridines is 1. The molecule has 1 aliphatic heterocycles. The molecule has 1 saturated carbocycles. The number of carbonyl (C=O) groups is 3. The van der Waals surface area contributed by atoms with Crippen LogP contribution in [0.5, 0.6) is 5.75 Å². The number of para-hydroxylation sites is 2. The van der Waals surface area contributed by atoms with E-state index in [4.69, 9.17) is 4.74 Å². The molecule has 124 valence electrons. The van der Waals surface area contributed by atoms with E-state index in [1.807, 2.05) is 6.92 Å². The Balaban J connectivity index is 1.84. The number of hydrogen-bond acceptors (Lipinski definition) is 4. The van der Waals surface area contributed by atoms with E-state index in [0.717, 1.165) is 0 Å². The maximum atomic E-state index is 12.5. The van der Waals surface area contributed by atoms with Gasteiger partial charge in [-0.1, -0.05) is 25.1 Å². The van der Waals surface area contributed by atoms with Gasteiger partial charge in [-0.15, -0.1) is 0 Å². The number of allylic oxidation sites excluding steroid dienone is 1. The van der Waals surface area contributed by atoms with Crippen molar-refractivity contribution >= 4 is 29.0 Å². The highest BCUT2D eigenvalue weighted by Gasteiger charge is 2.35. The summed E-state index contributed by atoms with van der Waals surface area (Å²) in [4.78, 5) is 40.8. The second-order valence-electron chi connectivity index (χ2n) is 6.08. The van der Waals surface area contributed by atoms with Gasteiger partial charge in [0.1, 0.15) is 11.7 Å². The number of aliphatic imine (C=N–C) groups is 1. The van der Waals surface area contributed by atoms with Crippen molar-refractivity contribution in [2.24, 2.45) is 16.8 Å². The zero-order valence-electron chi connectivity index (χ0n) is 13.5. The summed E-state index contributed by atoms with van der Waals surface area (Å²) in [5.41, 5.74) is 1.38. The monoisotopic (exact) mass is 326 g/mol. The number of nitrogens with zero attached hydrogens (tertiary/aromatic N) is 1. The highest BCUT2D eigenvalue weighted by atomic mass is 16.5. The summed E-state index contributed by atoms with van der Waals surface area (Å²) in [6, 6.07) is 6.92. The van der Waals surface area contributed by atoms with Gasteiger partial charge in [-0.2, -0.15) is 0 Å². The molecule has 0 bridgehead atoms. The van der Waals surface area contributed by atoms with Gasteiger partial charge in [0, 0.05) is 12.0 Å². The maximum absolute atomic E-state index is 12.5. The molecule has 2 amide bonds. The fourth-order valence-electron chi connectivity index (χ4n) is 2.98. The van der Waals surface area contributed by atoms with Crippen LogP contribution in [0.2, 0.25) is 0 Å². The van der Waals surface area contributed by atoms with Crippen molar-refractivity contribution in [3.8, 4) is 5.75 Å². The van der Waals surface area contributed by atoms with Crippen LogP contribution in [0.4, 0.5) is 5.69 Å². The van der Waals surface area contributed by atoms with E-state index >= 15 is 0 Å². The molecular weight excluding hydrogens is 308 g/mol. The SMILES string of the molecule is COc1ccccc1NC(=O)C1C=C2C(=O)CC(C)CC2=NC1=O. The smallest absolute Gasteiger partial charge is 0.262 e. The van der Waals surface area contributed by atoms with Gasteiger partial charge >= 0.3 is 0 Å². The van der Waals surface area contributed by atoms with Crippen LogP contribution in [0.3, 0.4) is 0 Å². The van der Waals surface area contributed by atoms with Crippen molar-refractivity contribution in [1.82, 2.24) is 0 Å². The molecule has 3 rings (SSSR count). The van der Waals surface area contributed by atoms with E-state index in [-0.39, 0.29) is 11.7 Å². The Kier molecular flexibility index (Phi) is 4.29. The van der Waals surface area contributed by atoms with Gasteiger partial charge in [-0.05, 0) is 24.5 Å². The molecule has 0 spiro atoms. The summed E-state index contributed by atoms with van der Waals surface area (Å²) in [5, 5.41) is 2.67. The van der Waals surface area contributed by atoms with Crippen LogP contribution in [0, 0.1) is 11.8 Å². The van der Waals surface area contributed by atoms with Gasteiger partial charge in [0.05, 0.1) is 18.5 Å². The lowest BCUT2D eigenvalue weighted by atomic mass is 9.81. The lowest BCUT2D eigenvalue weighted by Crippen LogP contribution is -2.35. The molecule has 6 nitrogen and oxygen atoms in total. The molecule has 1 fully saturated rings. The number of fused-ring (bicyclic) bond motifs is 1. The fourth-order valence-corrected chi connectivity index (χ4v) is 2.98. The molecule has 0 aromatic heterocycles. The van der Waals surface area contributed by atoms with Gasteiger partial charge in [0.15, 0.2) is 5.78 Å². The minimum absolute atomic E-state index is 0.0601. The minimum atomic E-state index is -1.09. The van der Waals surface area contributed by atoms with Gasteiger partial charge in [0.2, 0.25) is 5.91 Å². The third-order valence-electron chi connectivity index (χ3n) is 4.18. The number of methoxy groups -OCH3 is 1. The van der Waals surface area contributed by atoms with Crippen LogP contribution in [0.15, 0.2) is 40.9 Å². The maximum Gasteiger partial charge on any atom is 0.262 e. The van der Waals surface area contributed by atoms with Crippen LogP contribution in [0.25, 0.3) is 0 Å². The third-order valence-corrected chi connectivity index (χ3v) is 4.18. The Labute approximate surface area is 139 Å². The first kappa shape index (κ1) is 16.1. The Morgan fingerprint density at radius 3 is 2.75 bits per heavy atom. The molecule has 1 aromatic rings. The standard InChI is InChI=1S/C18H18N2O4/c1-10-7-14-11(15(21)8-10)9-12(18(23)20-14)17(22)19-13-5-3-4-6-16(13)24-2/h3-6,9-10,12H,7-8H2,1-2H3,(H,19,22). The molecule has 1 heterocycles. The first-order valence-corrected chi connectivity index (χ1v) is 7.80. The summed E-state index contributed by atoms with van der Waals surface area (Å²) < 4.78 is 5.18. The Morgan fingerprint density at radius 2 is 2.00 bits per heavy atom. The Morgan fingerprint density at radius 1 is 1.25 bits per heavy atom. The second kappa shape index (κ2) is 6.39. The van der Waals surface area contributed by atoms with Crippen molar-refractivity contribution in [3.63, 3.8) is 0 Å².